The van der Waals surface area contributed by atoms with E-state index in [2.05, 4.69) is 22.6 Å². The van der Waals surface area contributed by atoms with Gasteiger partial charge in [-0.25, -0.2) is 0 Å². The van der Waals surface area contributed by atoms with Gasteiger partial charge in [-0.05, 0) is 25.3 Å². The molecule has 90 valence electrons. The minimum atomic E-state index is 0.587. The molecule has 0 radical (unpaired) electrons. The molecule has 2 rings (SSSR count). The molecular formula is C12H22N4. The van der Waals surface area contributed by atoms with Crippen molar-refractivity contribution in [1.82, 2.24) is 20.3 Å². The molecule has 0 amide bonds. The number of likely N-dealkylation sites (N-methyl/N-ethyl adjacent to an activating group) is 1. The van der Waals surface area contributed by atoms with Crippen molar-refractivity contribution in [3.8, 4) is 0 Å². The van der Waals surface area contributed by atoms with Crippen LogP contribution in [0.5, 0.6) is 0 Å². The lowest BCUT2D eigenvalue weighted by Gasteiger charge is -2.23. The van der Waals surface area contributed by atoms with Gasteiger partial charge >= 0.3 is 0 Å². The van der Waals surface area contributed by atoms with Crippen LogP contribution in [0.1, 0.15) is 38.3 Å². The van der Waals surface area contributed by atoms with Crippen molar-refractivity contribution in [2.75, 3.05) is 6.54 Å². The molecule has 4 nitrogen and oxygen atoms in total. The van der Waals surface area contributed by atoms with Gasteiger partial charge in [0.2, 0.25) is 0 Å². The van der Waals surface area contributed by atoms with Crippen molar-refractivity contribution in [2.45, 2.75) is 45.1 Å². The lowest BCUT2D eigenvalue weighted by atomic mass is 9.94. The molecule has 1 unspecified atom stereocenters. The predicted molar refractivity (Wildman–Crippen MR) is 64.1 cm³/mol. The van der Waals surface area contributed by atoms with Crippen LogP contribution < -0.4 is 5.32 Å². The number of nitrogens with zero attached hydrogens (tertiary/aromatic N) is 3. The topological polar surface area (TPSA) is 42.7 Å². The van der Waals surface area contributed by atoms with Crippen LogP contribution in [-0.2, 0) is 13.5 Å². The Labute approximate surface area is 97.4 Å². The maximum absolute atomic E-state index is 4.18. The summed E-state index contributed by atoms with van der Waals surface area (Å²) in [6.07, 6.45) is 8.58. The average Bonchev–Trinajstić information content (AvgIpc) is 2.88. The van der Waals surface area contributed by atoms with E-state index in [0.29, 0.717) is 6.04 Å². The van der Waals surface area contributed by atoms with Gasteiger partial charge < -0.3 is 5.32 Å². The van der Waals surface area contributed by atoms with E-state index in [1.54, 1.807) is 4.68 Å². The minimum absolute atomic E-state index is 0.587. The molecule has 1 heterocycles. The first-order valence-corrected chi connectivity index (χ1v) is 6.38. The largest absolute Gasteiger partial charge is 0.314 e. The van der Waals surface area contributed by atoms with Crippen LogP contribution in [0.3, 0.4) is 0 Å². The van der Waals surface area contributed by atoms with E-state index in [1.165, 1.54) is 25.7 Å². The number of hydrogen-bond donors (Lipinski definition) is 1. The molecule has 0 spiro atoms. The summed E-state index contributed by atoms with van der Waals surface area (Å²) in [5.74, 6) is 0.835. The number of rotatable bonds is 5. The van der Waals surface area contributed by atoms with Crippen LogP contribution in [0.4, 0.5) is 0 Å². The molecule has 1 aliphatic rings. The average molecular weight is 222 g/mol. The summed E-state index contributed by atoms with van der Waals surface area (Å²) in [7, 11) is 1.92. The minimum Gasteiger partial charge on any atom is -0.314 e. The Morgan fingerprint density at radius 1 is 1.50 bits per heavy atom. The van der Waals surface area contributed by atoms with Gasteiger partial charge in [-0.15, -0.1) is 5.10 Å². The van der Waals surface area contributed by atoms with Gasteiger partial charge in [0, 0.05) is 25.7 Å². The molecule has 1 saturated carbocycles. The van der Waals surface area contributed by atoms with Gasteiger partial charge in [0.05, 0.1) is 5.69 Å². The summed E-state index contributed by atoms with van der Waals surface area (Å²) < 4.78 is 1.78. The lowest BCUT2D eigenvalue weighted by molar-refractivity contribution is 0.360. The van der Waals surface area contributed by atoms with Crippen molar-refractivity contribution in [1.29, 1.82) is 0 Å². The molecule has 0 aromatic carbocycles. The maximum atomic E-state index is 4.18. The van der Waals surface area contributed by atoms with Crippen molar-refractivity contribution < 1.29 is 0 Å². The smallest absolute Gasteiger partial charge is 0.0842 e. The van der Waals surface area contributed by atoms with Crippen LogP contribution in [0, 0.1) is 5.92 Å². The predicted octanol–water partition coefficient (Wildman–Crippen LogP) is 1.53. The molecule has 1 fully saturated rings. The molecule has 16 heavy (non-hydrogen) atoms. The Bertz CT molecular complexity index is 315. The third-order valence-corrected chi connectivity index (χ3v) is 3.51. The summed E-state index contributed by atoms with van der Waals surface area (Å²) in [5, 5.41) is 11.8. The van der Waals surface area contributed by atoms with Gasteiger partial charge in [0.1, 0.15) is 0 Å². The quantitative estimate of drug-likeness (QED) is 0.821. The Hall–Kier alpha value is -0.900. The van der Waals surface area contributed by atoms with Gasteiger partial charge in [0.15, 0.2) is 0 Å². The Morgan fingerprint density at radius 2 is 2.25 bits per heavy atom. The van der Waals surface area contributed by atoms with Gasteiger partial charge in [-0.1, -0.05) is 25.0 Å². The summed E-state index contributed by atoms with van der Waals surface area (Å²) in [6, 6.07) is 0.587. The van der Waals surface area contributed by atoms with Crippen LogP contribution in [0.2, 0.25) is 0 Å². The molecule has 1 aromatic rings. The summed E-state index contributed by atoms with van der Waals surface area (Å²) in [5.41, 5.74) is 1.11. The van der Waals surface area contributed by atoms with Crippen LogP contribution in [0.25, 0.3) is 0 Å². The molecule has 1 N–H and O–H groups in total. The highest BCUT2D eigenvalue weighted by atomic mass is 15.4. The highest BCUT2D eigenvalue weighted by Gasteiger charge is 2.25. The Kier molecular flexibility index (Phi) is 3.93. The lowest BCUT2D eigenvalue weighted by Crippen LogP contribution is -2.37. The molecule has 0 bridgehead atoms. The molecule has 1 aromatic heterocycles. The highest BCUT2D eigenvalue weighted by Crippen LogP contribution is 2.28. The van der Waals surface area contributed by atoms with Crippen LogP contribution in [0.15, 0.2) is 6.20 Å². The molecule has 1 aliphatic carbocycles. The van der Waals surface area contributed by atoms with Crippen LogP contribution >= 0.6 is 0 Å². The third-order valence-electron chi connectivity index (χ3n) is 3.51. The van der Waals surface area contributed by atoms with Crippen molar-refractivity contribution in [3.05, 3.63) is 11.9 Å². The second-order valence-electron chi connectivity index (χ2n) is 4.80. The Balaban J connectivity index is 1.96. The van der Waals surface area contributed by atoms with Crippen molar-refractivity contribution in [2.24, 2.45) is 13.0 Å². The molecule has 0 aliphatic heterocycles. The van der Waals surface area contributed by atoms with E-state index in [-0.39, 0.29) is 0 Å². The first-order chi connectivity index (χ1) is 7.79. The fourth-order valence-corrected chi connectivity index (χ4v) is 2.74. The zero-order valence-electron chi connectivity index (χ0n) is 10.3. The number of nitrogens with one attached hydrogen (secondary N) is 1. The molecule has 1 atom stereocenters. The second kappa shape index (κ2) is 5.43. The van der Waals surface area contributed by atoms with Gasteiger partial charge in [-0.2, -0.15) is 0 Å². The van der Waals surface area contributed by atoms with E-state index in [0.717, 1.165) is 24.6 Å². The standard InChI is InChI=1S/C12H22N4/c1-3-13-12(10-6-4-5-7-10)8-11-9-16(2)15-14-11/h9-10,12-13H,3-8H2,1-2H3. The third kappa shape index (κ3) is 2.82. The first-order valence-electron chi connectivity index (χ1n) is 6.38. The zero-order valence-corrected chi connectivity index (χ0v) is 10.3. The van der Waals surface area contributed by atoms with Gasteiger partial charge in [-0.3, -0.25) is 4.68 Å². The SMILES string of the molecule is CCNC(Cc1cn(C)nn1)C1CCCC1. The Morgan fingerprint density at radius 3 is 2.81 bits per heavy atom. The monoisotopic (exact) mass is 222 g/mol. The first kappa shape index (κ1) is 11.6. The van der Waals surface area contributed by atoms with Gasteiger partial charge in [0.25, 0.3) is 0 Å². The van der Waals surface area contributed by atoms with Crippen LogP contribution in [-0.4, -0.2) is 27.6 Å². The second-order valence-corrected chi connectivity index (χ2v) is 4.80. The normalized spacial score (nSPS) is 19.1. The van der Waals surface area contributed by atoms with E-state index in [9.17, 15) is 0 Å². The summed E-state index contributed by atoms with van der Waals surface area (Å²) in [6.45, 7) is 3.22. The fourth-order valence-electron chi connectivity index (χ4n) is 2.74. The van der Waals surface area contributed by atoms with E-state index in [1.807, 2.05) is 13.2 Å². The van der Waals surface area contributed by atoms with E-state index >= 15 is 0 Å². The summed E-state index contributed by atoms with van der Waals surface area (Å²) in [4.78, 5) is 0. The zero-order chi connectivity index (χ0) is 11.4. The maximum Gasteiger partial charge on any atom is 0.0842 e. The number of hydrogen-bond acceptors (Lipinski definition) is 3. The number of aryl methyl sites for hydroxylation is 1. The van der Waals surface area contributed by atoms with E-state index in [4.69, 9.17) is 0 Å². The molecule has 0 saturated heterocycles. The molecule has 4 heteroatoms. The van der Waals surface area contributed by atoms with Crippen molar-refractivity contribution >= 4 is 0 Å². The van der Waals surface area contributed by atoms with E-state index < -0.39 is 0 Å². The molecular weight excluding hydrogens is 200 g/mol. The highest BCUT2D eigenvalue weighted by molar-refractivity contribution is 4.98. The van der Waals surface area contributed by atoms with Crippen molar-refractivity contribution in [3.63, 3.8) is 0 Å². The number of aromatic nitrogens is 3. The summed E-state index contributed by atoms with van der Waals surface area (Å²) >= 11 is 0. The fraction of sp³-hybridized carbons (Fsp3) is 0.833.